The lowest BCUT2D eigenvalue weighted by Crippen LogP contribution is -2.12. The number of nitrogens with zero attached hydrogens (tertiary/aromatic N) is 2. The lowest BCUT2D eigenvalue weighted by molar-refractivity contribution is 0.161. The highest BCUT2D eigenvalue weighted by molar-refractivity contribution is 5.29. The van der Waals surface area contributed by atoms with Gasteiger partial charge in [0, 0.05) is 19.0 Å². The molecule has 4 nitrogen and oxygen atoms in total. The summed E-state index contributed by atoms with van der Waals surface area (Å²) in [6.07, 6.45) is 1.41. The summed E-state index contributed by atoms with van der Waals surface area (Å²) in [7, 11) is 1.49. The molecule has 0 saturated carbocycles. The van der Waals surface area contributed by atoms with Gasteiger partial charge in [-0.3, -0.25) is 4.68 Å². The van der Waals surface area contributed by atoms with Crippen molar-refractivity contribution in [1.82, 2.24) is 9.78 Å². The monoisotopic (exact) mass is 296 g/mol. The number of halogens is 2. The lowest BCUT2D eigenvalue weighted by Gasteiger charge is -2.15. The van der Waals surface area contributed by atoms with Crippen molar-refractivity contribution < 1.29 is 18.6 Å². The molecule has 0 radical (unpaired) electrons. The highest BCUT2D eigenvalue weighted by atomic mass is 19.1. The Labute approximate surface area is 122 Å². The largest absolute Gasteiger partial charge is 0.493 e. The molecule has 1 unspecified atom stereocenters. The number of ether oxygens (including phenoxy) is 1. The van der Waals surface area contributed by atoms with Gasteiger partial charge < -0.3 is 9.84 Å². The highest BCUT2D eigenvalue weighted by Gasteiger charge is 2.21. The van der Waals surface area contributed by atoms with Crippen molar-refractivity contribution >= 4 is 0 Å². The minimum absolute atomic E-state index is 0.0257. The number of hydrogen-bond acceptors (Lipinski definition) is 3. The van der Waals surface area contributed by atoms with Crippen molar-refractivity contribution in [2.75, 3.05) is 7.11 Å². The summed E-state index contributed by atoms with van der Waals surface area (Å²) in [6, 6.07) is 3.31. The maximum atomic E-state index is 13.7. The SMILES string of the molecule is CCCn1ncc(OC)c1C(O)Cc1ccc(F)cc1F. The van der Waals surface area contributed by atoms with Crippen molar-refractivity contribution in [3.8, 4) is 5.75 Å². The van der Waals surface area contributed by atoms with Crippen LogP contribution >= 0.6 is 0 Å². The van der Waals surface area contributed by atoms with Crippen LogP contribution in [0, 0.1) is 11.6 Å². The molecule has 0 fully saturated rings. The quantitative estimate of drug-likeness (QED) is 0.891. The summed E-state index contributed by atoms with van der Waals surface area (Å²) in [5.41, 5.74) is 0.748. The number of methoxy groups -OCH3 is 1. The van der Waals surface area contributed by atoms with Crippen LogP contribution in [0.3, 0.4) is 0 Å². The number of aryl methyl sites for hydroxylation is 1. The normalized spacial score (nSPS) is 12.4. The molecule has 0 saturated heterocycles. The second-order valence-corrected chi connectivity index (χ2v) is 4.78. The van der Waals surface area contributed by atoms with E-state index in [2.05, 4.69) is 5.10 Å². The fraction of sp³-hybridized carbons (Fsp3) is 0.400. The summed E-state index contributed by atoms with van der Waals surface area (Å²) in [5, 5.41) is 14.5. The maximum Gasteiger partial charge on any atom is 0.162 e. The Morgan fingerprint density at radius 1 is 1.38 bits per heavy atom. The first kappa shape index (κ1) is 15.4. The molecule has 2 aromatic rings. The molecule has 1 heterocycles. The van der Waals surface area contributed by atoms with E-state index in [-0.39, 0.29) is 12.0 Å². The zero-order chi connectivity index (χ0) is 15.4. The van der Waals surface area contributed by atoms with Gasteiger partial charge >= 0.3 is 0 Å². The molecule has 0 amide bonds. The molecule has 6 heteroatoms. The molecule has 0 bridgehead atoms. The fourth-order valence-electron chi connectivity index (χ4n) is 2.25. The first-order valence-electron chi connectivity index (χ1n) is 6.78. The summed E-state index contributed by atoms with van der Waals surface area (Å²) in [4.78, 5) is 0. The van der Waals surface area contributed by atoms with Gasteiger partial charge in [0.25, 0.3) is 0 Å². The Morgan fingerprint density at radius 2 is 2.14 bits per heavy atom. The molecule has 21 heavy (non-hydrogen) atoms. The predicted molar refractivity (Wildman–Crippen MR) is 74.1 cm³/mol. The second-order valence-electron chi connectivity index (χ2n) is 4.78. The minimum Gasteiger partial charge on any atom is -0.493 e. The van der Waals surface area contributed by atoms with E-state index in [9.17, 15) is 13.9 Å². The Balaban J connectivity index is 2.27. The van der Waals surface area contributed by atoms with E-state index in [0.717, 1.165) is 12.5 Å². The fourth-order valence-corrected chi connectivity index (χ4v) is 2.25. The molecule has 0 spiro atoms. The van der Waals surface area contributed by atoms with Crippen LogP contribution in [0.1, 0.15) is 30.7 Å². The zero-order valence-electron chi connectivity index (χ0n) is 12.0. The first-order valence-corrected chi connectivity index (χ1v) is 6.78. The van der Waals surface area contributed by atoms with E-state index in [1.807, 2.05) is 6.92 Å². The average Bonchev–Trinajstić information content (AvgIpc) is 2.85. The molecule has 1 aromatic carbocycles. The number of aliphatic hydroxyl groups is 1. The van der Waals surface area contributed by atoms with E-state index in [1.54, 1.807) is 4.68 Å². The maximum absolute atomic E-state index is 13.7. The van der Waals surface area contributed by atoms with Crippen molar-refractivity contribution in [2.45, 2.75) is 32.4 Å². The molecule has 1 aromatic heterocycles. The van der Waals surface area contributed by atoms with Gasteiger partial charge in [-0.05, 0) is 18.1 Å². The molecule has 1 atom stereocenters. The number of rotatable bonds is 6. The van der Waals surface area contributed by atoms with Gasteiger partial charge in [0.15, 0.2) is 5.75 Å². The van der Waals surface area contributed by atoms with Crippen molar-refractivity contribution in [3.63, 3.8) is 0 Å². The second kappa shape index (κ2) is 6.67. The number of benzene rings is 1. The van der Waals surface area contributed by atoms with Crippen molar-refractivity contribution in [1.29, 1.82) is 0 Å². The van der Waals surface area contributed by atoms with Gasteiger partial charge in [0.05, 0.1) is 13.3 Å². The standard InChI is InChI=1S/C15H18F2N2O2/c1-3-6-19-15(14(21-2)9-18-19)13(20)7-10-4-5-11(16)8-12(10)17/h4-5,8-9,13,20H,3,6-7H2,1-2H3. The van der Waals surface area contributed by atoms with Gasteiger partial charge in [-0.2, -0.15) is 5.10 Å². The lowest BCUT2D eigenvalue weighted by atomic mass is 10.0. The Bertz CT molecular complexity index is 614. The Hall–Kier alpha value is -1.95. The van der Waals surface area contributed by atoms with Crippen LogP contribution in [-0.4, -0.2) is 22.0 Å². The van der Waals surface area contributed by atoms with Gasteiger partial charge in [-0.25, -0.2) is 8.78 Å². The van der Waals surface area contributed by atoms with Crippen LogP contribution in [0.5, 0.6) is 5.75 Å². The first-order chi connectivity index (χ1) is 10.1. The molecule has 2 rings (SSSR count). The summed E-state index contributed by atoms with van der Waals surface area (Å²) >= 11 is 0. The predicted octanol–water partition coefficient (Wildman–Crippen LogP) is 2.86. The molecular weight excluding hydrogens is 278 g/mol. The Morgan fingerprint density at radius 3 is 2.76 bits per heavy atom. The molecule has 0 aliphatic rings. The van der Waals surface area contributed by atoms with E-state index in [4.69, 9.17) is 4.74 Å². The Kier molecular flexibility index (Phi) is 4.90. The number of aromatic nitrogens is 2. The van der Waals surface area contributed by atoms with Crippen LogP contribution in [0.2, 0.25) is 0 Å². The van der Waals surface area contributed by atoms with Gasteiger partial charge in [-0.15, -0.1) is 0 Å². The van der Waals surface area contributed by atoms with Crippen LogP contribution in [-0.2, 0) is 13.0 Å². The third-order valence-corrected chi connectivity index (χ3v) is 3.24. The van der Waals surface area contributed by atoms with Gasteiger partial charge in [0.2, 0.25) is 0 Å². The average molecular weight is 296 g/mol. The third-order valence-electron chi connectivity index (χ3n) is 3.24. The zero-order valence-corrected chi connectivity index (χ0v) is 12.0. The van der Waals surface area contributed by atoms with E-state index in [1.165, 1.54) is 25.4 Å². The summed E-state index contributed by atoms with van der Waals surface area (Å²) < 4.78 is 33.4. The van der Waals surface area contributed by atoms with Crippen LogP contribution < -0.4 is 4.74 Å². The summed E-state index contributed by atoms with van der Waals surface area (Å²) in [6.45, 7) is 2.62. The molecule has 0 aliphatic heterocycles. The summed E-state index contributed by atoms with van der Waals surface area (Å²) in [5.74, 6) is -0.854. The van der Waals surface area contributed by atoms with E-state index < -0.39 is 17.7 Å². The van der Waals surface area contributed by atoms with Crippen LogP contribution in [0.25, 0.3) is 0 Å². The highest BCUT2D eigenvalue weighted by Crippen LogP contribution is 2.28. The molecular formula is C15H18F2N2O2. The molecule has 1 N–H and O–H groups in total. The number of aliphatic hydroxyl groups excluding tert-OH is 1. The number of hydrogen-bond donors (Lipinski definition) is 1. The topological polar surface area (TPSA) is 47.3 Å². The van der Waals surface area contributed by atoms with Crippen LogP contribution in [0.15, 0.2) is 24.4 Å². The molecule has 114 valence electrons. The van der Waals surface area contributed by atoms with Crippen molar-refractivity contribution in [3.05, 3.63) is 47.3 Å². The van der Waals surface area contributed by atoms with Gasteiger partial charge in [-0.1, -0.05) is 13.0 Å². The van der Waals surface area contributed by atoms with E-state index in [0.29, 0.717) is 18.0 Å². The van der Waals surface area contributed by atoms with Crippen LogP contribution in [0.4, 0.5) is 8.78 Å². The van der Waals surface area contributed by atoms with E-state index >= 15 is 0 Å². The minimum atomic E-state index is -0.978. The smallest absolute Gasteiger partial charge is 0.162 e. The van der Waals surface area contributed by atoms with Gasteiger partial charge in [0.1, 0.15) is 23.4 Å². The third kappa shape index (κ3) is 3.39. The van der Waals surface area contributed by atoms with Crippen molar-refractivity contribution in [2.24, 2.45) is 0 Å². The molecule has 0 aliphatic carbocycles.